The Morgan fingerprint density at radius 2 is 2.22 bits per heavy atom. The number of pyridine rings is 1. The number of nitro groups is 1. The Labute approximate surface area is 98.5 Å². The first-order valence-corrected chi connectivity index (χ1v) is 4.62. The van der Waals surface area contributed by atoms with E-state index in [2.05, 4.69) is 4.74 Å². The summed E-state index contributed by atoms with van der Waals surface area (Å²) in [6.07, 6.45) is -3.33. The molecule has 1 aromatic rings. The molecule has 0 radical (unpaired) electrons. The van der Waals surface area contributed by atoms with Crippen LogP contribution in [0.1, 0.15) is 17.6 Å². The van der Waals surface area contributed by atoms with Gasteiger partial charge in [0.05, 0.1) is 18.5 Å². The summed E-state index contributed by atoms with van der Waals surface area (Å²) in [5.41, 5.74) is -3.63. The van der Waals surface area contributed by atoms with Crippen LogP contribution in [0.25, 0.3) is 0 Å². The van der Waals surface area contributed by atoms with Gasteiger partial charge >= 0.3 is 5.97 Å². The average Bonchev–Trinajstić information content (AvgIpc) is 2.30. The van der Waals surface area contributed by atoms with E-state index in [0.29, 0.717) is 6.20 Å². The number of carbonyl (C=O) groups excluding carboxylic acids is 1. The van der Waals surface area contributed by atoms with Gasteiger partial charge in [0.25, 0.3) is 17.7 Å². The summed E-state index contributed by atoms with van der Waals surface area (Å²) in [5, 5.41) is 10.7. The third-order valence-corrected chi connectivity index (χ3v) is 2.16. The molecule has 0 unspecified atom stereocenters. The second-order valence-electron chi connectivity index (χ2n) is 3.21. The van der Waals surface area contributed by atoms with Gasteiger partial charge in [-0.2, -0.15) is 0 Å². The van der Waals surface area contributed by atoms with Crippen LogP contribution in [0.4, 0.5) is 14.5 Å². The predicted molar refractivity (Wildman–Crippen MR) is 54.4 cm³/mol. The van der Waals surface area contributed by atoms with Crippen LogP contribution in [0.5, 0.6) is 0 Å². The maximum absolute atomic E-state index is 12.6. The summed E-state index contributed by atoms with van der Waals surface area (Å²) in [5.74, 6) is -0.935. The van der Waals surface area contributed by atoms with Gasteiger partial charge < -0.3 is 9.72 Å². The molecule has 98 valence electrons. The molecule has 1 heterocycles. The molecule has 0 aliphatic rings. The molecule has 0 saturated carbocycles. The number of aromatic amines is 1. The first-order valence-electron chi connectivity index (χ1n) is 4.62. The van der Waals surface area contributed by atoms with Gasteiger partial charge in [-0.3, -0.25) is 19.7 Å². The van der Waals surface area contributed by atoms with Crippen LogP contribution in [0.2, 0.25) is 0 Å². The van der Waals surface area contributed by atoms with Crippen molar-refractivity contribution in [3.63, 3.8) is 0 Å². The number of alkyl halides is 2. The van der Waals surface area contributed by atoms with Crippen LogP contribution < -0.4 is 5.56 Å². The van der Waals surface area contributed by atoms with E-state index in [0.717, 1.165) is 7.11 Å². The van der Waals surface area contributed by atoms with Crippen molar-refractivity contribution in [2.75, 3.05) is 7.11 Å². The van der Waals surface area contributed by atoms with E-state index in [4.69, 9.17) is 0 Å². The number of carbonyl (C=O) groups is 1. The lowest BCUT2D eigenvalue weighted by molar-refractivity contribution is -0.387. The normalized spacial score (nSPS) is 10.4. The first kappa shape index (κ1) is 13.7. The molecule has 1 aromatic heterocycles. The Morgan fingerprint density at radius 1 is 1.61 bits per heavy atom. The lowest BCUT2D eigenvalue weighted by Gasteiger charge is -2.05. The fourth-order valence-electron chi connectivity index (χ4n) is 1.34. The van der Waals surface area contributed by atoms with Crippen molar-refractivity contribution in [3.8, 4) is 0 Å². The van der Waals surface area contributed by atoms with Crippen LogP contribution in [0.15, 0.2) is 11.0 Å². The van der Waals surface area contributed by atoms with Gasteiger partial charge in [0, 0.05) is 6.20 Å². The van der Waals surface area contributed by atoms with Crippen LogP contribution in [-0.2, 0) is 16.0 Å². The summed E-state index contributed by atoms with van der Waals surface area (Å²) in [6, 6.07) is 0. The van der Waals surface area contributed by atoms with Crippen molar-refractivity contribution in [2.45, 2.75) is 12.8 Å². The van der Waals surface area contributed by atoms with Crippen molar-refractivity contribution in [2.24, 2.45) is 0 Å². The number of methoxy groups -OCH3 is 1. The van der Waals surface area contributed by atoms with Gasteiger partial charge in [-0.1, -0.05) is 0 Å². The first-order chi connectivity index (χ1) is 8.38. The summed E-state index contributed by atoms with van der Waals surface area (Å²) in [7, 11) is 1.01. The van der Waals surface area contributed by atoms with E-state index in [1.165, 1.54) is 0 Å². The third kappa shape index (κ3) is 2.67. The summed E-state index contributed by atoms with van der Waals surface area (Å²) in [4.78, 5) is 33.9. The van der Waals surface area contributed by atoms with Crippen molar-refractivity contribution < 1.29 is 23.2 Å². The van der Waals surface area contributed by atoms with E-state index < -0.39 is 46.1 Å². The van der Waals surface area contributed by atoms with Gasteiger partial charge in [-0.25, -0.2) is 8.78 Å². The number of halogens is 2. The largest absolute Gasteiger partial charge is 0.469 e. The lowest BCUT2D eigenvalue weighted by Crippen LogP contribution is -2.20. The van der Waals surface area contributed by atoms with E-state index in [-0.39, 0.29) is 0 Å². The zero-order chi connectivity index (χ0) is 13.9. The number of hydrogen-bond acceptors (Lipinski definition) is 5. The number of esters is 1. The van der Waals surface area contributed by atoms with E-state index in [1.807, 2.05) is 4.98 Å². The van der Waals surface area contributed by atoms with Gasteiger partial charge in [0.2, 0.25) is 0 Å². The van der Waals surface area contributed by atoms with E-state index in [9.17, 15) is 28.5 Å². The zero-order valence-corrected chi connectivity index (χ0v) is 9.11. The monoisotopic (exact) mass is 262 g/mol. The quantitative estimate of drug-likeness (QED) is 0.494. The molecule has 9 heteroatoms. The molecule has 18 heavy (non-hydrogen) atoms. The highest BCUT2D eigenvalue weighted by Crippen LogP contribution is 2.29. The van der Waals surface area contributed by atoms with Crippen molar-refractivity contribution in [3.05, 3.63) is 37.8 Å². The number of H-pyrrole nitrogens is 1. The molecule has 0 atom stereocenters. The molecular formula is C9H8F2N2O5. The number of aromatic nitrogens is 1. The minimum Gasteiger partial charge on any atom is -0.469 e. The molecule has 7 nitrogen and oxygen atoms in total. The van der Waals surface area contributed by atoms with Gasteiger partial charge in [-0.15, -0.1) is 0 Å². The van der Waals surface area contributed by atoms with E-state index in [1.54, 1.807) is 0 Å². The van der Waals surface area contributed by atoms with Gasteiger partial charge in [0.1, 0.15) is 11.1 Å². The molecule has 0 aromatic carbocycles. The molecule has 1 N–H and O–H groups in total. The number of nitrogens with one attached hydrogen (secondary N) is 1. The highest BCUT2D eigenvalue weighted by Gasteiger charge is 2.29. The Kier molecular flexibility index (Phi) is 4.08. The topological polar surface area (TPSA) is 102 Å². The molecule has 0 aliphatic carbocycles. The smallest absolute Gasteiger partial charge is 0.310 e. The molecular weight excluding hydrogens is 254 g/mol. The van der Waals surface area contributed by atoms with Crippen LogP contribution in [0.3, 0.4) is 0 Å². The summed E-state index contributed by atoms with van der Waals surface area (Å²) >= 11 is 0. The third-order valence-electron chi connectivity index (χ3n) is 2.16. The second kappa shape index (κ2) is 5.34. The van der Waals surface area contributed by atoms with E-state index >= 15 is 0 Å². The van der Waals surface area contributed by atoms with Gasteiger partial charge in [0.15, 0.2) is 0 Å². The maximum atomic E-state index is 12.6. The van der Waals surface area contributed by atoms with Crippen LogP contribution >= 0.6 is 0 Å². The Morgan fingerprint density at radius 3 is 2.67 bits per heavy atom. The highest BCUT2D eigenvalue weighted by atomic mass is 19.3. The Bertz CT molecular complexity index is 540. The van der Waals surface area contributed by atoms with Crippen molar-refractivity contribution in [1.82, 2.24) is 4.98 Å². The molecule has 0 bridgehead atoms. The Balaban J connectivity index is 3.46. The molecule has 0 saturated heterocycles. The van der Waals surface area contributed by atoms with Crippen LogP contribution in [0, 0.1) is 10.1 Å². The number of rotatable bonds is 4. The molecule has 0 fully saturated rings. The second-order valence-corrected chi connectivity index (χ2v) is 3.21. The Hall–Kier alpha value is -2.32. The maximum Gasteiger partial charge on any atom is 0.310 e. The molecule has 0 spiro atoms. The minimum absolute atomic E-state index is 0.561. The number of hydrogen-bond donors (Lipinski definition) is 1. The zero-order valence-electron chi connectivity index (χ0n) is 9.11. The fraction of sp³-hybridized carbons (Fsp3) is 0.333. The lowest BCUT2D eigenvalue weighted by atomic mass is 10.1. The summed E-state index contributed by atoms with van der Waals surface area (Å²) in [6.45, 7) is 0. The number of ether oxygens (including phenoxy) is 1. The van der Waals surface area contributed by atoms with Crippen molar-refractivity contribution >= 4 is 11.7 Å². The fourth-order valence-corrected chi connectivity index (χ4v) is 1.34. The standard InChI is InChI=1S/C9H8F2N2O5/c1-18-6(14)2-4-7(13(16)17)5(8(10)11)3-12-9(4)15/h3,8H,2H2,1H3,(H,12,15). The average molecular weight is 262 g/mol. The molecule has 0 aliphatic heterocycles. The van der Waals surface area contributed by atoms with Gasteiger partial charge in [-0.05, 0) is 0 Å². The molecule has 1 rings (SSSR count). The summed E-state index contributed by atoms with van der Waals surface area (Å²) < 4.78 is 29.4. The van der Waals surface area contributed by atoms with Crippen LogP contribution in [-0.4, -0.2) is 23.0 Å². The van der Waals surface area contributed by atoms with Crippen molar-refractivity contribution in [1.29, 1.82) is 0 Å². The SMILES string of the molecule is COC(=O)Cc1c([N+](=O)[O-])c(C(F)F)c[nH]c1=O. The molecule has 0 amide bonds. The highest BCUT2D eigenvalue weighted by molar-refractivity contribution is 5.74. The number of nitrogens with zero attached hydrogens (tertiary/aromatic N) is 1. The predicted octanol–water partition coefficient (Wildman–Crippen LogP) is 0.936. The minimum atomic E-state index is -3.14.